The van der Waals surface area contributed by atoms with Crippen LogP contribution in [0.2, 0.25) is 5.02 Å². The van der Waals surface area contributed by atoms with E-state index in [0.29, 0.717) is 5.02 Å². The predicted molar refractivity (Wildman–Crippen MR) is 110 cm³/mol. The molecule has 5 heteroatoms. The van der Waals surface area contributed by atoms with Crippen molar-refractivity contribution in [2.45, 2.75) is 26.3 Å². The van der Waals surface area contributed by atoms with Gasteiger partial charge in [-0.2, -0.15) is 0 Å². The van der Waals surface area contributed by atoms with Gasteiger partial charge in [0.1, 0.15) is 4.67 Å². The fourth-order valence-corrected chi connectivity index (χ4v) is 6.43. The Balaban J connectivity index is 2.02. The molecule has 1 aliphatic rings. The third kappa shape index (κ3) is 2.73. The van der Waals surface area contributed by atoms with E-state index in [0.717, 1.165) is 10.4 Å². The summed E-state index contributed by atoms with van der Waals surface area (Å²) in [6, 6.07) is 14.4. The first-order valence-electron chi connectivity index (χ1n) is 8.16. The summed E-state index contributed by atoms with van der Waals surface area (Å²) in [5, 5.41) is 0.714. The van der Waals surface area contributed by atoms with Gasteiger partial charge in [-0.05, 0) is 51.1 Å². The lowest BCUT2D eigenvalue weighted by atomic mass is 9.87. The van der Waals surface area contributed by atoms with Gasteiger partial charge in [0, 0.05) is 28.9 Å². The normalized spacial score (nSPS) is 15.9. The van der Waals surface area contributed by atoms with E-state index in [1.54, 1.807) is 10.3 Å². The Morgan fingerprint density at radius 1 is 1.08 bits per heavy atom. The van der Waals surface area contributed by atoms with E-state index in [1.807, 2.05) is 34.6 Å². The smallest absolute Gasteiger partial charge is 0.135 e. The van der Waals surface area contributed by atoms with Gasteiger partial charge in [0.25, 0.3) is 0 Å². The molecule has 0 radical (unpaired) electrons. The van der Waals surface area contributed by atoms with Crippen molar-refractivity contribution in [3.8, 4) is 11.1 Å². The van der Waals surface area contributed by atoms with Gasteiger partial charge in [-0.1, -0.05) is 50.0 Å². The van der Waals surface area contributed by atoms with E-state index in [2.05, 4.69) is 50.9 Å². The SMILES string of the molecule is Cc1ccc2c(c1)-c1c(ssc1=Nc1cccc(Cl)c1)C(C)(C)N2C. The third-order valence-corrected chi connectivity index (χ3v) is 7.73. The van der Waals surface area contributed by atoms with Crippen molar-refractivity contribution >= 4 is 43.7 Å². The number of hydrogen-bond acceptors (Lipinski definition) is 4. The molecule has 0 aliphatic carbocycles. The molecular weight excluding hydrogens is 368 g/mol. The largest absolute Gasteiger partial charge is 0.364 e. The van der Waals surface area contributed by atoms with Crippen LogP contribution in [0.4, 0.5) is 11.4 Å². The highest BCUT2D eigenvalue weighted by molar-refractivity contribution is 7.68. The minimum Gasteiger partial charge on any atom is -0.364 e. The molecule has 1 aliphatic heterocycles. The lowest BCUT2D eigenvalue weighted by Crippen LogP contribution is -2.41. The standard InChI is InChI=1S/C20H19ClN2S2/c1-12-8-9-16-15(10-12)17-18(20(2,3)23(16)4)24-25-19(17)22-14-7-5-6-13(21)11-14/h5-11H,1-4H3. The van der Waals surface area contributed by atoms with E-state index in [4.69, 9.17) is 16.6 Å². The topological polar surface area (TPSA) is 15.6 Å². The van der Waals surface area contributed by atoms with Crippen LogP contribution in [0.3, 0.4) is 0 Å². The number of hydrogen-bond donors (Lipinski definition) is 0. The molecule has 2 nitrogen and oxygen atoms in total. The van der Waals surface area contributed by atoms with E-state index in [1.165, 1.54) is 27.3 Å². The second kappa shape index (κ2) is 5.97. The van der Waals surface area contributed by atoms with Gasteiger partial charge in [-0.15, -0.1) is 0 Å². The van der Waals surface area contributed by atoms with Crippen molar-refractivity contribution in [3.05, 3.63) is 62.6 Å². The van der Waals surface area contributed by atoms with Crippen LogP contribution < -0.4 is 9.57 Å². The first kappa shape index (κ1) is 16.8. The van der Waals surface area contributed by atoms with Gasteiger partial charge in [0.05, 0.1) is 16.1 Å². The second-order valence-electron chi connectivity index (χ2n) is 6.91. The molecule has 0 saturated carbocycles. The maximum absolute atomic E-state index is 6.13. The number of halogens is 1. The molecule has 0 N–H and O–H groups in total. The minimum absolute atomic E-state index is 0.0547. The Bertz CT molecular complexity index is 1030. The number of aryl methyl sites for hydroxylation is 1. The van der Waals surface area contributed by atoms with Crippen LogP contribution in [0.1, 0.15) is 24.3 Å². The average molecular weight is 387 g/mol. The van der Waals surface area contributed by atoms with Gasteiger partial charge in [-0.25, -0.2) is 4.99 Å². The predicted octanol–water partition coefficient (Wildman–Crippen LogP) is 6.36. The summed E-state index contributed by atoms with van der Waals surface area (Å²) in [6.45, 7) is 6.70. The van der Waals surface area contributed by atoms with Crippen LogP contribution in [-0.2, 0) is 5.54 Å². The molecule has 0 fully saturated rings. The first-order chi connectivity index (χ1) is 11.9. The summed E-state index contributed by atoms with van der Waals surface area (Å²) >= 11 is 6.13. The van der Waals surface area contributed by atoms with Crippen molar-refractivity contribution in [2.75, 3.05) is 11.9 Å². The Kier molecular flexibility index (Phi) is 4.02. The summed E-state index contributed by atoms with van der Waals surface area (Å²) in [7, 11) is 5.75. The van der Waals surface area contributed by atoms with Crippen LogP contribution >= 0.6 is 32.3 Å². The number of anilines is 1. The number of benzene rings is 2. The third-order valence-electron chi connectivity index (χ3n) is 4.86. The van der Waals surface area contributed by atoms with Crippen molar-refractivity contribution < 1.29 is 0 Å². The molecule has 0 amide bonds. The van der Waals surface area contributed by atoms with E-state index in [9.17, 15) is 0 Å². The Labute approximate surface area is 160 Å². The summed E-state index contributed by atoms with van der Waals surface area (Å²) < 4.78 is 1.07. The number of rotatable bonds is 1. The quantitative estimate of drug-likeness (QED) is 0.444. The van der Waals surface area contributed by atoms with Gasteiger partial charge in [-0.3, -0.25) is 0 Å². The molecule has 3 aromatic rings. The summed E-state index contributed by atoms with van der Waals surface area (Å²) in [5.74, 6) is 0. The Hall–Kier alpha value is -1.62. The summed E-state index contributed by atoms with van der Waals surface area (Å²) in [5.41, 5.74) is 5.92. The molecule has 0 bridgehead atoms. The van der Waals surface area contributed by atoms with Gasteiger partial charge in [0.15, 0.2) is 0 Å². The monoisotopic (exact) mass is 386 g/mol. The van der Waals surface area contributed by atoms with Crippen molar-refractivity contribution in [2.24, 2.45) is 4.99 Å². The van der Waals surface area contributed by atoms with Gasteiger partial charge < -0.3 is 4.90 Å². The molecule has 1 aromatic heterocycles. The minimum atomic E-state index is -0.0547. The van der Waals surface area contributed by atoms with Gasteiger partial charge >= 0.3 is 0 Å². The number of fused-ring (bicyclic) bond motifs is 3. The molecule has 0 spiro atoms. The molecule has 2 heterocycles. The second-order valence-corrected chi connectivity index (χ2v) is 9.47. The highest BCUT2D eigenvalue weighted by Gasteiger charge is 2.37. The van der Waals surface area contributed by atoms with E-state index >= 15 is 0 Å². The summed E-state index contributed by atoms with van der Waals surface area (Å²) in [6.07, 6.45) is 0. The highest BCUT2D eigenvalue weighted by atomic mass is 35.5. The fraction of sp³-hybridized carbons (Fsp3) is 0.250. The lowest BCUT2D eigenvalue weighted by Gasteiger charge is -2.42. The Morgan fingerprint density at radius 3 is 2.64 bits per heavy atom. The molecule has 0 unspecified atom stereocenters. The fourth-order valence-electron chi connectivity index (χ4n) is 3.24. The van der Waals surface area contributed by atoms with E-state index < -0.39 is 0 Å². The highest BCUT2D eigenvalue weighted by Crippen LogP contribution is 2.48. The maximum atomic E-state index is 6.13. The zero-order valence-electron chi connectivity index (χ0n) is 14.6. The van der Waals surface area contributed by atoms with Crippen molar-refractivity contribution in [1.29, 1.82) is 0 Å². The number of nitrogens with zero attached hydrogens (tertiary/aromatic N) is 2. The molecule has 0 saturated heterocycles. The average Bonchev–Trinajstić information content (AvgIpc) is 2.98. The molecule has 128 valence electrons. The van der Waals surface area contributed by atoms with Crippen LogP contribution in [0, 0.1) is 6.92 Å². The maximum Gasteiger partial charge on any atom is 0.135 e. The van der Waals surface area contributed by atoms with Crippen LogP contribution in [0.5, 0.6) is 0 Å². The lowest BCUT2D eigenvalue weighted by molar-refractivity contribution is 0.521. The zero-order valence-corrected chi connectivity index (χ0v) is 17.0. The molecule has 4 rings (SSSR count). The van der Waals surface area contributed by atoms with E-state index in [-0.39, 0.29) is 5.54 Å². The molecule has 25 heavy (non-hydrogen) atoms. The van der Waals surface area contributed by atoms with Crippen molar-refractivity contribution in [1.82, 2.24) is 0 Å². The molecular formula is C20H19ClN2S2. The van der Waals surface area contributed by atoms with Crippen LogP contribution in [0.25, 0.3) is 11.1 Å². The van der Waals surface area contributed by atoms with Crippen LogP contribution in [0.15, 0.2) is 47.5 Å². The van der Waals surface area contributed by atoms with Crippen LogP contribution in [-0.4, -0.2) is 7.05 Å². The Morgan fingerprint density at radius 2 is 1.88 bits per heavy atom. The molecule has 0 atom stereocenters. The molecule has 2 aromatic carbocycles. The zero-order chi connectivity index (χ0) is 17.8. The van der Waals surface area contributed by atoms with Crippen molar-refractivity contribution in [3.63, 3.8) is 0 Å². The first-order valence-corrected chi connectivity index (χ1v) is 10.7. The summed E-state index contributed by atoms with van der Waals surface area (Å²) in [4.78, 5) is 8.67. The van der Waals surface area contributed by atoms with Gasteiger partial charge in [0.2, 0.25) is 0 Å².